The molecule has 1 aromatic carbocycles. The smallest absolute Gasteiger partial charge is 0.146 e. The first kappa shape index (κ1) is 13.3. The maximum absolute atomic E-state index is 14.0. The molecule has 1 aromatic rings. The Hall–Kier alpha value is -1.09. The number of nitrogens with zero attached hydrogens (tertiary/aromatic N) is 1. The summed E-state index contributed by atoms with van der Waals surface area (Å²) in [7, 11) is 0. The standard InChI is InChI=1S/C15H23FN2/c1-11-4-5-14(16)15(6-11)18-9-12(2)7-17-8-13(3)10-18/h4-6,12-13,17H,7-10H2,1-3H3. The van der Waals surface area contributed by atoms with Gasteiger partial charge < -0.3 is 10.2 Å². The van der Waals surface area contributed by atoms with E-state index in [4.69, 9.17) is 0 Å². The normalized spacial score (nSPS) is 25.7. The second kappa shape index (κ2) is 5.70. The van der Waals surface area contributed by atoms with E-state index in [1.807, 2.05) is 19.1 Å². The molecule has 0 bridgehead atoms. The number of halogens is 1. The number of rotatable bonds is 1. The van der Waals surface area contributed by atoms with Gasteiger partial charge in [0.05, 0.1) is 5.69 Å². The van der Waals surface area contributed by atoms with Gasteiger partial charge in [-0.15, -0.1) is 0 Å². The fraction of sp³-hybridized carbons (Fsp3) is 0.600. The van der Waals surface area contributed by atoms with Crippen LogP contribution in [0.4, 0.5) is 10.1 Å². The van der Waals surface area contributed by atoms with Crippen molar-refractivity contribution in [2.45, 2.75) is 20.8 Å². The van der Waals surface area contributed by atoms with Crippen molar-refractivity contribution in [3.8, 4) is 0 Å². The predicted molar refractivity (Wildman–Crippen MR) is 74.5 cm³/mol. The molecule has 1 saturated heterocycles. The van der Waals surface area contributed by atoms with Gasteiger partial charge in [0, 0.05) is 13.1 Å². The SMILES string of the molecule is Cc1ccc(F)c(N2CC(C)CNCC(C)C2)c1. The van der Waals surface area contributed by atoms with E-state index in [0.29, 0.717) is 11.8 Å². The molecule has 0 spiro atoms. The molecule has 1 heterocycles. The summed E-state index contributed by atoms with van der Waals surface area (Å²) in [5.74, 6) is 0.975. The van der Waals surface area contributed by atoms with Crippen molar-refractivity contribution < 1.29 is 4.39 Å². The molecular formula is C15H23FN2. The Kier molecular flexibility index (Phi) is 4.23. The van der Waals surface area contributed by atoms with Crippen LogP contribution in [-0.4, -0.2) is 26.2 Å². The maximum Gasteiger partial charge on any atom is 0.146 e. The van der Waals surface area contributed by atoms with Gasteiger partial charge in [-0.1, -0.05) is 19.9 Å². The van der Waals surface area contributed by atoms with Crippen LogP contribution in [0.15, 0.2) is 18.2 Å². The molecule has 100 valence electrons. The molecule has 18 heavy (non-hydrogen) atoms. The molecule has 1 fully saturated rings. The van der Waals surface area contributed by atoms with E-state index in [-0.39, 0.29) is 5.82 Å². The highest BCUT2D eigenvalue weighted by Gasteiger charge is 2.19. The molecule has 2 nitrogen and oxygen atoms in total. The van der Waals surface area contributed by atoms with Gasteiger partial charge >= 0.3 is 0 Å². The van der Waals surface area contributed by atoms with Crippen LogP contribution in [0.5, 0.6) is 0 Å². The minimum absolute atomic E-state index is 0.103. The lowest BCUT2D eigenvalue weighted by Gasteiger charge is -2.33. The minimum Gasteiger partial charge on any atom is -0.369 e. The number of aryl methyl sites for hydroxylation is 1. The van der Waals surface area contributed by atoms with Crippen LogP contribution in [0.2, 0.25) is 0 Å². The highest BCUT2D eigenvalue weighted by Crippen LogP contribution is 2.23. The summed E-state index contributed by atoms with van der Waals surface area (Å²) in [4.78, 5) is 2.21. The molecule has 3 heteroatoms. The highest BCUT2D eigenvalue weighted by atomic mass is 19.1. The van der Waals surface area contributed by atoms with Gasteiger partial charge in [0.2, 0.25) is 0 Å². The van der Waals surface area contributed by atoms with Crippen LogP contribution in [0, 0.1) is 24.6 Å². The summed E-state index contributed by atoms with van der Waals surface area (Å²) >= 11 is 0. The first-order valence-corrected chi connectivity index (χ1v) is 6.78. The van der Waals surface area contributed by atoms with Crippen molar-refractivity contribution in [1.29, 1.82) is 0 Å². The lowest BCUT2D eigenvalue weighted by Crippen LogP contribution is -2.43. The van der Waals surface area contributed by atoms with E-state index in [1.165, 1.54) is 0 Å². The first-order valence-electron chi connectivity index (χ1n) is 6.78. The molecule has 1 aliphatic rings. The van der Waals surface area contributed by atoms with E-state index in [1.54, 1.807) is 6.07 Å². The first-order chi connectivity index (χ1) is 8.56. The van der Waals surface area contributed by atoms with E-state index >= 15 is 0 Å². The molecule has 1 N–H and O–H groups in total. The van der Waals surface area contributed by atoms with Crippen LogP contribution in [0.3, 0.4) is 0 Å². The Labute approximate surface area is 109 Å². The second-order valence-corrected chi connectivity index (χ2v) is 5.73. The molecule has 0 aliphatic carbocycles. The summed E-state index contributed by atoms with van der Waals surface area (Å²) in [6.45, 7) is 10.3. The van der Waals surface area contributed by atoms with Crippen molar-refractivity contribution in [1.82, 2.24) is 5.32 Å². The molecule has 2 atom stereocenters. The topological polar surface area (TPSA) is 15.3 Å². The van der Waals surface area contributed by atoms with Gasteiger partial charge in [-0.3, -0.25) is 0 Å². The summed E-state index contributed by atoms with van der Waals surface area (Å²) in [5, 5.41) is 3.46. The van der Waals surface area contributed by atoms with Crippen molar-refractivity contribution >= 4 is 5.69 Å². The zero-order valence-electron chi connectivity index (χ0n) is 11.5. The summed E-state index contributed by atoms with van der Waals surface area (Å²) in [6.07, 6.45) is 0. The largest absolute Gasteiger partial charge is 0.369 e. The summed E-state index contributed by atoms with van der Waals surface area (Å²) < 4.78 is 14.0. The van der Waals surface area contributed by atoms with Crippen LogP contribution in [-0.2, 0) is 0 Å². The number of hydrogen-bond donors (Lipinski definition) is 1. The zero-order chi connectivity index (χ0) is 13.1. The van der Waals surface area contributed by atoms with Gasteiger partial charge in [0.25, 0.3) is 0 Å². The molecular weight excluding hydrogens is 227 g/mol. The molecule has 0 radical (unpaired) electrons. The van der Waals surface area contributed by atoms with E-state index in [9.17, 15) is 4.39 Å². The van der Waals surface area contributed by atoms with E-state index in [0.717, 1.165) is 37.4 Å². The maximum atomic E-state index is 14.0. The molecule has 0 aromatic heterocycles. The quantitative estimate of drug-likeness (QED) is 0.824. The van der Waals surface area contributed by atoms with E-state index < -0.39 is 0 Å². The van der Waals surface area contributed by atoms with Crippen molar-refractivity contribution in [3.05, 3.63) is 29.6 Å². The van der Waals surface area contributed by atoms with Crippen LogP contribution in [0.25, 0.3) is 0 Å². The Morgan fingerprint density at radius 1 is 1.17 bits per heavy atom. The summed E-state index contributed by atoms with van der Waals surface area (Å²) in [5.41, 5.74) is 1.88. The van der Waals surface area contributed by atoms with Crippen molar-refractivity contribution in [2.75, 3.05) is 31.1 Å². The third-order valence-corrected chi connectivity index (χ3v) is 3.49. The number of anilines is 1. The second-order valence-electron chi connectivity index (χ2n) is 5.73. The van der Waals surface area contributed by atoms with Crippen LogP contribution in [0.1, 0.15) is 19.4 Å². The Morgan fingerprint density at radius 2 is 1.78 bits per heavy atom. The summed E-state index contributed by atoms with van der Waals surface area (Å²) in [6, 6.07) is 5.37. The van der Waals surface area contributed by atoms with Crippen LogP contribution < -0.4 is 10.2 Å². The third-order valence-electron chi connectivity index (χ3n) is 3.49. The van der Waals surface area contributed by atoms with E-state index in [2.05, 4.69) is 24.1 Å². The molecule has 2 rings (SSSR count). The lowest BCUT2D eigenvalue weighted by molar-refractivity contribution is 0.407. The van der Waals surface area contributed by atoms with Gasteiger partial charge in [-0.05, 0) is 49.5 Å². The molecule has 0 amide bonds. The zero-order valence-corrected chi connectivity index (χ0v) is 11.5. The fourth-order valence-corrected chi connectivity index (χ4v) is 2.59. The predicted octanol–water partition coefficient (Wildman–Crippen LogP) is 2.82. The fourth-order valence-electron chi connectivity index (χ4n) is 2.59. The Bertz CT molecular complexity index is 393. The van der Waals surface area contributed by atoms with Gasteiger partial charge in [0.1, 0.15) is 5.82 Å². The van der Waals surface area contributed by atoms with Crippen molar-refractivity contribution in [2.24, 2.45) is 11.8 Å². The number of nitrogens with one attached hydrogen (secondary N) is 1. The van der Waals surface area contributed by atoms with Gasteiger partial charge in [-0.2, -0.15) is 0 Å². The average molecular weight is 250 g/mol. The minimum atomic E-state index is -0.103. The van der Waals surface area contributed by atoms with Gasteiger partial charge in [-0.25, -0.2) is 4.39 Å². The Morgan fingerprint density at radius 3 is 2.39 bits per heavy atom. The monoisotopic (exact) mass is 250 g/mol. The number of benzene rings is 1. The van der Waals surface area contributed by atoms with Gasteiger partial charge in [0.15, 0.2) is 0 Å². The average Bonchev–Trinajstić information content (AvgIpc) is 2.29. The lowest BCUT2D eigenvalue weighted by atomic mass is 10.0. The third kappa shape index (κ3) is 3.22. The molecule has 0 saturated carbocycles. The number of hydrogen-bond acceptors (Lipinski definition) is 2. The molecule has 1 aliphatic heterocycles. The van der Waals surface area contributed by atoms with Crippen molar-refractivity contribution in [3.63, 3.8) is 0 Å². The Balaban J connectivity index is 2.24. The van der Waals surface area contributed by atoms with Crippen LogP contribution >= 0.6 is 0 Å². The highest BCUT2D eigenvalue weighted by molar-refractivity contribution is 5.50. The molecule has 2 unspecified atom stereocenters.